The molecular weight excluding hydrogens is 173 g/mol. The summed E-state index contributed by atoms with van der Waals surface area (Å²) in [6, 6.07) is 3.09. The lowest BCUT2D eigenvalue weighted by Gasteiger charge is -1.91. The Balaban J connectivity index is 3.31. The van der Waals surface area contributed by atoms with Gasteiger partial charge in [-0.25, -0.2) is 0 Å². The summed E-state index contributed by atoms with van der Waals surface area (Å²) in [5, 5.41) is 9.79. The molecule has 10 heavy (non-hydrogen) atoms. The Hall–Kier alpha value is -0.470. The van der Waals surface area contributed by atoms with E-state index in [1.54, 1.807) is 13.0 Å². The number of hydrogen-bond acceptors (Lipinski definition) is 1. The molecule has 0 spiro atoms. The molecule has 1 rings (SSSR count). The molecule has 0 atom stereocenters. The van der Waals surface area contributed by atoms with Crippen LogP contribution in [0.3, 0.4) is 0 Å². The molecule has 1 N–H and O–H groups in total. The van der Waals surface area contributed by atoms with E-state index in [2.05, 4.69) is 0 Å². The molecule has 0 aliphatic carbocycles. The smallest absolute Gasteiger partial charge is 0.283 e. The van der Waals surface area contributed by atoms with E-state index in [1.165, 1.54) is 6.07 Å². The van der Waals surface area contributed by atoms with Gasteiger partial charge in [0, 0.05) is 23.8 Å². The van der Waals surface area contributed by atoms with Gasteiger partial charge in [-0.2, -0.15) is 0 Å². The van der Waals surface area contributed by atoms with Crippen LogP contribution in [0.4, 0.5) is 0 Å². The van der Waals surface area contributed by atoms with Crippen LogP contribution in [0.15, 0.2) is 12.1 Å². The van der Waals surface area contributed by atoms with Crippen LogP contribution in [-0.4, -0.2) is 5.21 Å². The molecule has 0 radical (unpaired) electrons. The average Bonchev–Trinajstić information content (AvgIpc) is 1.82. The minimum atomic E-state index is 0.213. The zero-order chi connectivity index (χ0) is 7.72. The number of pyridine rings is 1. The molecule has 0 saturated carbocycles. The number of nitrogens with zero attached hydrogens (tertiary/aromatic N) is 1. The second kappa shape index (κ2) is 2.64. The maximum Gasteiger partial charge on any atom is 0.326 e. The Morgan fingerprint density at radius 2 is 2.00 bits per heavy atom. The highest BCUT2D eigenvalue weighted by Gasteiger charge is 2.11. The van der Waals surface area contributed by atoms with E-state index in [-0.39, 0.29) is 5.15 Å². The van der Waals surface area contributed by atoms with E-state index in [9.17, 15) is 0 Å². The molecule has 0 bridgehead atoms. The molecule has 2 nitrogen and oxygen atoms in total. The Morgan fingerprint density at radius 3 is 2.50 bits per heavy atom. The number of aryl methyl sites for hydroxylation is 1. The first-order valence-corrected chi connectivity index (χ1v) is 3.44. The summed E-state index contributed by atoms with van der Waals surface area (Å²) in [7, 11) is 0. The summed E-state index contributed by atoms with van der Waals surface area (Å²) >= 11 is 11.2. The number of rotatable bonds is 0. The Kier molecular flexibility index (Phi) is 2.02. The number of aromatic nitrogens is 1. The highest BCUT2D eigenvalue weighted by atomic mass is 35.5. The lowest BCUT2D eigenvalue weighted by atomic mass is 10.4. The summed E-state index contributed by atoms with van der Waals surface area (Å²) in [5.41, 5.74) is 0.609. The first-order chi connectivity index (χ1) is 4.61. The molecule has 54 valence electrons. The molecule has 0 amide bonds. The third kappa shape index (κ3) is 1.33. The molecule has 0 aromatic carbocycles. The van der Waals surface area contributed by atoms with Crippen molar-refractivity contribution >= 4 is 23.2 Å². The van der Waals surface area contributed by atoms with Crippen molar-refractivity contribution in [3.8, 4) is 0 Å². The van der Waals surface area contributed by atoms with Crippen LogP contribution < -0.4 is 4.73 Å². The molecule has 1 aromatic heterocycles. The zero-order valence-corrected chi connectivity index (χ0v) is 6.82. The molecule has 0 fully saturated rings. The number of hydrogen-bond donors (Lipinski definition) is 1. The van der Waals surface area contributed by atoms with Gasteiger partial charge in [0.1, 0.15) is 0 Å². The first kappa shape index (κ1) is 7.63. The normalized spacial score (nSPS) is 9.90. The van der Waals surface area contributed by atoms with Gasteiger partial charge in [0.15, 0.2) is 0 Å². The quantitative estimate of drug-likeness (QED) is 0.366. The predicted molar refractivity (Wildman–Crippen MR) is 38.6 cm³/mol. The first-order valence-electron chi connectivity index (χ1n) is 2.68. The Morgan fingerprint density at radius 1 is 1.40 bits per heavy atom. The van der Waals surface area contributed by atoms with Crippen molar-refractivity contribution in [3.63, 3.8) is 0 Å². The van der Waals surface area contributed by atoms with Crippen molar-refractivity contribution in [3.05, 3.63) is 28.0 Å². The van der Waals surface area contributed by atoms with Crippen molar-refractivity contribution < 1.29 is 9.94 Å². The SMILES string of the molecule is Cc1cc(Cl)cc(Cl)[n+]1O. The highest BCUT2D eigenvalue weighted by Crippen LogP contribution is 2.12. The lowest BCUT2D eigenvalue weighted by molar-refractivity contribution is -0.907. The molecule has 0 unspecified atom stereocenters. The largest absolute Gasteiger partial charge is 0.326 e. The van der Waals surface area contributed by atoms with Gasteiger partial charge in [0.2, 0.25) is 5.69 Å². The fourth-order valence-corrected chi connectivity index (χ4v) is 1.21. The summed E-state index contributed by atoms with van der Waals surface area (Å²) in [6.07, 6.45) is 0. The highest BCUT2D eigenvalue weighted by molar-refractivity contribution is 6.33. The van der Waals surface area contributed by atoms with E-state index < -0.39 is 0 Å². The van der Waals surface area contributed by atoms with Gasteiger partial charge in [-0.05, 0) is 11.6 Å². The summed E-state index contributed by atoms with van der Waals surface area (Å²) in [6.45, 7) is 1.71. The molecule has 4 heteroatoms. The van der Waals surface area contributed by atoms with Crippen LogP contribution in [0.2, 0.25) is 10.2 Å². The second-order valence-corrected chi connectivity index (χ2v) is 2.77. The number of halogens is 2. The van der Waals surface area contributed by atoms with Gasteiger partial charge >= 0.3 is 5.15 Å². The van der Waals surface area contributed by atoms with Gasteiger partial charge in [-0.3, -0.25) is 5.21 Å². The summed E-state index contributed by atoms with van der Waals surface area (Å²) in [5.74, 6) is 0. The maximum absolute atomic E-state index is 9.06. The van der Waals surface area contributed by atoms with Crippen molar-refractivity contribution in [2.24, 2.45) is 0 Å². The summed E-state index contributed by atoms with van der Waals surface area (Å²) < 4.78 is 0.868. The van der Waals surface area contributed by atoms with E-state index in [0.29, 0.717) is 10.7 Å². The predicted octanol–water partition coefficient (Wildman–Crippen LogP) is 1.83. The van der Waals surface area contributed by atoms with E-state index in [0.717, 1.165) is 4.73 Å². The van der Waals surface area contributed by atoms with Gasteiger partial charge in [-0.15, -0.1) is 0 Å². The molecule has 0 aliphatic rings. The van der Waals surface area contributed by atoms with Crippen LogP contribution in [-0.2, 0) is 0 Å². The van der Waals surface area contributed by atoms with Crippen LogP contribution in [0, 0.1) is 6.92 Å². The van der Waals surface area contributed by atoms with E-state index in [4.69, 9.17) is 28.4 Å². The van der Waals surface area contributed by atoms with Crippen molar-refractivity contribution in [2.45, 2.75) is 6.92 Å². The molecule has 1 aromatic rings. The fraction of sp³-hybridized carbons (Fsp3) is 0.167. The van der Waals surface area contributed by atoms with Gasteiger partial charge in [0.25, 0.3) is 0 Å². The fourth-order valence-electron chi connectivity index (χ4n) is 0.646. The van der Waals surface area contributed by atoms with Crippen LogP contribution in [0.5, 0.6) is 0 Å². The average molecular weight is 179 g/mol. The zero-order valence-electron chi connectivity index (χ0n) is 5.31. The summed E-state index contributed by atoms with van der Waals surface area (Å²) in [4.78, 5) is 0. The topological polar surface area (TPSA) is 24.1 Å². The monoisotopic (exact) mass is 178 g/mol. The van der Waals surface area contributed by atoms with Crippen LogP contribution in [0.25, 0.3) is 0 Å². The van der Waals surface area contributed by atoms with Crippen molar-refractivity contribution in [2.75, 3.05) is 0 Å². The van der Waals surface area contributed by atoms with Gasteiger partial charge < -0.3 is 0 Å². The Bertz CT molecular complexity index is 239. The maximum atomic E-state index is 9.06. The van der Waals surface area contributed by atoms with Crippen molar-refractivity contribution in [1.82, 2.24) is 0 Å². The van der Waals surface area contributed by atoms with Crippen LogP contribution in [0.1, 0.15) is 5.69 Å². The van der Waals surface area contributed by atoms with E-state index >= 15 is 0 Å². The lowest BCUT2D eigenvalue weighted by Crippen LogP contribution is -2.34. The molecule has 0 saturated heterocycles. The van der Waals surface area contributed by atoms with Gasteiger partial charge in [0.05, 0.1) is 5.02 Å². The Labute approximate surface area is 68.6 Å². The van der Waals surface area contributed by atoms with E-state index in [1.807, 2.05) is 0 Å². The standard InChI is InChI=1S/C6H6Cl2NO/c1-4-2-5(7)3-6(8)9(4)10/h2-3,10H,1H3/q+1. The van der Waals surface area contributed by atoms with Gasteiger partial charge in [-0.1, -0.05) is 11.6 Å². The minimum absolute atomic E-state index is 0.213. The third-order valence-corrected chi connectivity index (χ3v) is 1.63. The molecular formula is C6H6Cl2NO+. The third-order valence-electron chi connectivity index (χ3n) is 1.14. The van der Waals surface area contributed by atoms with Crippen molar-refractivity contribution in [1.29, 1.82) is 0 Å². The molecule has 0 aliphatic heterocycles. The minimum Gasteiger partial charge on any atom is -0.283 e. The molecule has 1 heterocycles. The van der Waals surface area contributed by atoms with Crippen LogP contribution >= 0.6 is 23.2 Å². The second-order valence-electron chi connectivity index (χ2n) is 1.95.